The van der Waals surface area contributed by atoms with E-state index < -0.39 is 5.91 Å². The van der Waals surface area contributed by atoms with Gasteiger partial charge in [0.15, 0.2) is 0 Å². The van der Waals surface area contributed by atoms with Gasteiger partial charge >= 0.3 is 0 Å². The second-order valence-electron chi connectivity index (χ2n) is 4.61. The smallest absolute Gasteiger partial charge is 0.261 e. The summed E-state index contributed by atoms with van der Waals surface area (Å²) in [5.41, 5.74) is 0.714. The van der Waals surface area contributed by atoms with Crippen LogP contribution in [0.4, 0.5) is 0 Å². The van der Waals surface area contributed by atoms with Crippen LogP contribution in [0.15, 0.2) is 42.5 Å². The van der Waals surface area contributed by atoms with Gasteiger partial charge < -0.3 is 14.8 Å². The third kappa shape index (κ3) is 6.81. The highest BCUT2D eigenvalue weighted by molar-refractivity contribution is 6.01. The quantitative estimate of drug-likeness (QED) is 0.312. The highest BCUT2D eigenvalue weighted by Crippen LogP contribution is 2.21. The molecule has 0 saturated heterocycles. The summed E-state index contributed by atoms with van der Waals surface area (Å²) in [7, 11) is 0. The molecule has 0 aliphatic rings. The Morgan fingerprint density at radius 1 is 1.43 bits per heavy atom. The zero-order valence-corrected chi connectivity index (χ0v) is 13.4. The van der Waals surface area contributed by atoms with Gasteiger partial charge in [0, 0.05) is 25.3 Å². The maximum Gasteiger partial charge on any atom is 0.261 e. The average molecular weight is 314 g/mol. The third-order valence-electron chi connectivity index (χ3n) is 2.90. The Morgan fingerprint density at radius 2 is 2.22 bits per heavy atom. The van der Waals surface area contributed by atoms with E-state index in [0.717, 1.165) is 0 Å². The molecule has 0 atom stereocenters. The summed E-state index contributed by atoms with van der Waals surface area (Å²) in [6, 6.07) is 9.15. The standard InChI is InChI=1S/C18H22N2O3/c1-3-11-23-17-9-6-5-8-15(17)13-16(14-19)18(21)20-10-7-12-22-4-2/h3,5-6,8-9,13H,1,4,7,10-12H2,2H3,(H,20,21)/b16-13+. The minimum Gasteiger partial charge on any atom is -0.489 e. The molecule has 0 aromatic heterocycles. The summed E-state index contributed by atoms with van der Waals surface area (Å²) in [6.07, 6.45) is 3.87. The van der Waals surface area contributed by atoms with Gasteiger partial charge in [-0.1, -0.05) is 30.9 Å². The molecule has 0 bridgehead atoms. The highest BCUT2D eigenvalue weighted by atomic mass is 16.5. The van der Waals surface area contributed by atoms with Crippen LogP contribution < -0.4 is 10.1 Å². The molecular weight excluding hydrogens is 292 g/mol. The van der Waals surface area contributed by atoms with E-state index in [1.165, 1.54) is 6.08 Å². The SMILES string of the molecule is C=CCOc1ccccc1/C=C(\C#N)C(=O)NCCCOCC. The summed E-state index contributed by atoms with van der Waals surface area (Å²) in [4.78, 5) is 12.0. The third-order valence-corrected chi connectivity index (χ3v) is 2.90. The number of hydrogen-bond acceptors (Lipinski definition) is 4. The van der Waals surface area contributed by atoms with Crippen molar-refractivity contribution in [2.24, 2.45) is 0 Å². The average Bonchev–Trinajstić information content (AvgIpc) is 2.58. The van der Waals surface area contributed by atoms with Crippen molar-refractivity contribution in [3.63, 3.8) is 0 Å². The predicted octanol–water partition coefficient (Wildman–Crippen LogP) is 2.70. The second-order valence-corrected chi connectivity index (χ2v) is 4.61. The Morgan fingerprint density at radius 3 is 2.91 bits per heavy atom. The summed E-state index contributed by atoms with van der Waals surface area (Å²) in [6.45, 7) is 7.57. The molecule has 0 saturated carbocycles. The fourth-order valence-corrected chi connectivity index (χ4v) is 1.80. The predicted molar refractivity (Wildman–Crippen MR) is 89.8 cm³/mol. The van der Waals surface area contributed by atoms with Crippen LogP contribution in [0, 0.1) is 11.3 Å². The lowest BCUT2D eigenvalue weighted by Crippen LogP contribution is -2.26. The molecular formula is C18H22N2O3. The molecule has 1 aromatic carbocycles. The van der Waals surface area contributed by atoms with Crippen molar-refractivity contribution in [1.29, 1.82) is 5.26 Å². The number of rotatable bonds is 10. The molecule has 0 aliphatic heterocycles. The number of amides is 1. The molecule has 23 heavy (non-hydrogen) atoms. The van der Waals surface area contributed by atoms with E-state index in [1.807, 2.05) is 25.1 Å². The van der Waals surface area contributed by atoms with E-state index in [0.29, 0.717) is 44.1 Å². The molecule has 0 heterocycles. The molecule has 1 amide bonds. The van der Waals surface area contributed by atoms with Crippen LogP contribution in [0.2, 0.25) is 0 Å². The number of ether oxygens (including phenoxy) is 2. The van der Waals surface area contributed by atoms with Crippen LogP contribution in [0.3, 0.4) is 0 Å². The molecule has 0 spiro atoms. The molecule has 1 rings (SSSR count). The van der Waals surface area contributed by atoms with Crippen molar-refractivity contribution < 1.29 is 14.3 Å². The molecule has 5 nitrogen and oxygen atoms in total. The summed E-state index contributed by atoms with van der Waals surface area (Å²) < 4.78 is 10.7. The number of carbonyl (C=O) groups is 1. The molecule has 0 unspecified atom stereocenters. The van der Waals surface area contributed by atoms with Gasteiger partial charge in [-0.3, -0.25) is 4.79 Å². The van der Waals surface area contributed by atoms with Crippen LogP contribution in [0.5, 0.6) is 5.75 Å². The number of benzene rings is 1. The van der Waals surface area contributed by atoms with E-state index in [9.17, 15) is 10.1 Å². The van der Waals surface area contributed by atoms with Crippen molar-refractivity contribution >= 4 is 12.0 Å². The van der Waals surface area contributed by atoms with E-state index in [2.05, 4.69) is 11.9 Å². The molecule has 1 aromatic rings. The van der Waals surface area contributed by atoms with Crippen LogP contribution in [-0.4, -0.2) is 32.3 Å². The largest absolute Gasteiger partial charge is 0.489 e. The van der Waals surface area contributed by atoms with Crippen molar-refractivity contribution in [3.05, 3.63) is 48.1 Å². The Kier molecular flexibility index (Phi) is 8.87. The number of carbonyl (C=O) groups excluding carboxylic acids is 1. The van der Waals surface area contributed by atoms with Gasteiger partial charge in [0.1, 0.15) is 24.0 Å². The van der Waals surface area contributed by atoms with Gasteiger partial charge in [-0.2, -0.15) is 5.26 Å². The van der Waals surface area contributed by atoms with Crippen molar-refractivity contribution in [1.82, 2.24) is 5.32 Å². The Hall–Kier alpha value is -2.58. The minimum atomic E-state index is -0.400. The number of nitrogens with zero attached hydrogens (tertiary/aromatic N) is 1. The molecule has 5 heteroatoms. The zero-order chi connectivity index (χ0) is 16.9. The fraction of sp³-hybridized carbons (Fsp3) is 0.333. The lowest BCUT2D eigenvalue weighted by atomic mass is 10.1. The number of hydrogen-bond donors (Lipinski definition) is 1. The summed E-state index contributed by atoms with van der Waals surface area (Å²) in [5, 5.41) is 11.9. The molecule has 122 valence electrons. The highest BCUT2D eigenvalue weighted by Gasteiger charge is 2.10. The van der Waals surface area contributed by atoms with Crippen LogP contribution in [0.1, 0.15) is 18.9 Å². The number of nitrogens with one attached hydrogen (secondary N) is 1. The van der Waals surface area contributed by atoms with Gasteiger partial charge in [-0.15, -0.1) is 0 Å². The topological polar surface area (TPSA) is 71.3 Å². The first-order valence-corrected chi connectivity index (χ1v) is 7.53. The van der Waals surface area contributed by atoms with E-state index in [1.54, 1.807) is 18.2 Å². The Balaban J connectivity index is 2.73. The Labute approximate surface area is 137 Å². The van der Waals surface area contributed by atoms with E-state index >= 15 is 0 Å². The zero-order valence-electron chi connectivity index (χ0n) is 13.4. The van der Waals surface area contributed by atoms with E-state index in [4.69, 9.17) is 9.47 Å². The first-order chi connectivity index (χ1) is 11.2. The van der Waals surface area contributed by atoms with Gasteiger partial charge in [-0.25, -0.2) is 0 Å². The fourth-order valence-electron chi connectivity index (χ4n) is 1.80. The molecule has 1 N–H and O–H groups in total. The number of nitriles is 1. The lowest BCUT2D eigenvalue weighted by molar-refractivity contribution is -0.117. The first kappa shape index (κ1) is 18.5. The lowest BCUT2D eigenvalue weighted by Gasteiger charge is -2.08. The number of para-hydroxylation sites is 1. The van der Waals surface area contributed by atoms with Crippen LogP contribution in [-0.2, 0) is 9.53 Å². The Bertz CT molecular complexity index is 588. The monoisotopic (exact) mass is 314 g/mol. The van der Waals surface area contributed by atoms with Crippen LogP contribution in [0.25, 0.3) is 6.08 Å². The van der Waals surface area contributed by atoms with Crippen molar-refractivity contribution in [2.75, 3.05) is 26.4 Å². The maximum atomic E-state index is 12.0. The van der Waals surface area contributed by atoms with Crippen molar-refractivity contribution in [3.8, 4) is 11.8 Å². The van der Waals surface area contributed by atoms with Gasteiger partial charge in [-0.05, 0) is 25.5 Å². The molecule has 0 aliphatic carbocycles. The maximum absolute atomic E-state index is 12.0. The van der Waals surface area contributed by atoms with Gasteiger partial charge in [0.2, 0.25) is 0 Å². The molecule has 0 radical (unpaired) electrons. The molecule has 0 fully saturated rings. The van der Waals surface area contributed by atoms with Crippen molar-refractivity contribution in [2.45, 2.75) is 13.3 Å². The summed E-state index contributed by atoms with van der Waals surface area (Å²) >= 11 is 0. The van der Waals surface area contributed by atoms with Crippen LogP contribution >= 0.6 is 0 Å². The van der Waals surface area contributed by atoms with Gasteiger partial charge in [0.25, 0.3) is 5.91 Å². The van der Waals surface area contributed by atoms with Gasteiger partial charge in [0.05, 0.1) is 0 Å². The second kappa shape index (κ2) is 11.0. The minimum absolute atomic E-state index is 0.0380. The summed E-state index contributed by atoms with van der Waals surface area (Å²) in [5.74, 6) is 0.201. The van der Waals surface area contributed by atoms with E-state index in [-0.39, 0.29) is 5.57 Å². The first-order valence-electron chi connectivity index (χ1n) is 7.53. The normalized spacial score (nSPS) is 10.7.